The minimum atomic E-state index is -0.364. The average Bonchev–Trinajstić information content (AvgIpc) is 2.70. The normalized spacial score (nSPS) is 11.6. The van der Waals surface area contributed by atoms with Crippen LogP contribution < -0.4 is 9.88 Å². The number of nitrogens with one attached hydrogen (secondary N) is 1. The summed E-state index contributed by atoms with van der Waals surface area (Å²) in [6.45, 7) is 1.80. The van der Waals surface area contributed by atoms with Gasteiger partial charge in [0.05, 0.1) is 0 Å². The molecule has 0 aliphatic carbocycles. The molecule has 2 heterocycles. The molecule has 0 unspecified atom stereocenters. The van der Waals surface area contributed by atoms with Crippen LogP contribution in [0.2, 0.25) is 0 Å². The molecule has 0 bridgehead atoms. The van der Waals surface area contributed by atoms with Gasteiger partial charge in [-0.25, -0.2) is 0 Å². The molecular formula is C21H20N3O2+. The van der Waals surface area contributed by atoms with Gasteiger partial charge in [-0.15, -0.1) is 0 Å². The van der Waals surface area contributed by atoms with Crippen LogP contribution in [-0.4, -0.2) is 16.0 Å². The van der Waals surface area contributed by atoms with E-state index < -0.39 is 0 Å². The van der Waals surface area contributed by atoms with Gasteiger partial charge >= 0.3 is 11.6 Å². The minimum Gasteiger partial charge on any atom is -0.506 e. The Hall–Kier alpha value is -3.47. The Morgan fingerprint density at radius 2 is 1.62 bits per heavy atom. The Balaban J connectivity index is 1.90. The Bertz CT molecular complexity index is 905. The number of carbonyl (C=O) groups excluding carboxylic acids is 1. The van der Waals surface area contributed by atoms with E-state index in [1.165, 1.54) is 0 Å². The summed E-state index contributed by atoms with van der Waals surface area (Å²) in [5, 5.41) is 13.1. The summed E-state index contributed by atoms with van der Waals surface area (Å²) in [6.07, 6.45) is 7.36. The number of anilines is 1. The molecule has 1 amide bonds. The van der Waals surface area contributed by atoms with Crippen molar-refractivity contribution in [3.05, 3.63) is 85.1 Å². The average molecular weight is 346 g/mol. The van der Waals surface area contributed by atoms with E-state index in [4.69, 9.17) is 0 Å². The number of nitrogens with zero attached hydrogens (tertiary/aromatic N) is 2. The second kappa shape index (κ2) is 8.07. The van der Waals surface area contributed by atoms with E-state index >= 15 is 0 Å². The molecule has 2 aromatic heterocycles. The van der Waals surface area contributed by atoms with E-state index in [2.05, 4.69) is 10.3 Å². The minimum absolute atomic E-state index is 0.0279. The lowest BCUT2D eigenvalue weighted by Crippen LogP contribution is -2.39. The molecule has 2 N–H and O–H groups in total. The number of para-hydroxylation sites is 1. The zero-order valence-corrected chi connectivity index (χ0v) is 14.5. The van der Waals surface area contributed by atoms with Crippen molar-refractivity contribution in [3.8, 4) is 11.1 Å². The van der Waals surface area contributed by atoms with Gasteiger partial charge in [0.2, 0.25) is 0 Å². The monoisotopic (exact) mass is 346 g/mol. The highest BCUT2D eigenvalue weighted by molar-refractivity contribution is 6.17. The van der Waals surface area contributed by atoms with E-state index in [9.17, 15) is 9.90 Å². The highest BCUT2D eigenvalue weighted by Gasteiger charge is 2.25. The lowest BCUT2D eigenvalue weighted by atomic mass is 10.1. The SMILES string of the molecule is CC/C(O)=C(\C(=O)Nc1ccccc1)[n+]1ccc(-c2ccncc2)cc1. The largest absolute Gasteiger partial charge is 0.506 e. The maximum atomic E-state index is 12.7. The van der Waals surface area contributed by atoms with E-state index in [0.29, 0.717) is 12.1 Å². The van der Waals surface area contributed by atoms with E-state index in [-0.39, 0.29) is 17.4 Å². The zero-order valence-electron chi connectivity index (χ0n) is 14.5. The Morgan fingerprint density at radius 3 is 2.23 bits per heavy atom. The second-order valence-electron chi connectivity index (χ2n) is 5.70. The van der Waals surface area contributed by atoms with Crippen molar-refractivity contribution >= 4 is 17.3 Å². The van der Waals surface area contributed by atoms with Crippen LogP contribution in [0.25, 0.3) is 16.8 Å². The number of aromatic nitrogens is 2. The third-order valence-electron chi connectivity index (χ3n) is 3.96. The van der Waals surface area contributed by atoms with E-state index in [1.54, 1.807) is 48.4 Å². The number of benzene rings is 1. The van der Waals surface area contributed by atoms with Gasteiger partial charge in [0.25, 0.3) is 0 Å². The number of aliphatic hydroxyl groups excluding tert-OH is 1. The first kappa shape index (κ1) is 17.4. The van der Waals surface area contributed by atoms with Crippen LogP contribution in [0.5, 0.6) is 0 Å². The van der Waals surface area contributed by atoms with Gasteiger partial charge in [-0.05, 0) is 35.4 Å². The molecular weight excluding hydrogens is 326 g/mol. The van der Waals surface area contributed by atoms with Crippen LogP contribution >= 0.6 is 0 Å². The van der Waals surface area contributed by atoms with Crippen molar-refractivity contribution in [1.82, 2.24) is 4.98 Å². The summed E-state index contributed by atoms with van der Waals surface area (Å²) in [5.41, 5.74) is 2.92. The molecule has 130 valence electrons. The predicted molar refractivity (Wildman–Crippen MR) is 101 cm³/mol. The highest BCUT2D eigenvalue weighted by atomic mass is 16.3. The first-order valence-corrected chi connectivity index (χ1v) is 8.39. The fourth-order valence-electron chi connectivity index (χ4n) is 2.59. The van der Waals surface area contributed by atoms with Crippen molar-refractivity contribution < 1.29 is 14.5 Å². The van der Waals surface area contributed by atoms with Crippen molar-refractivity contribution in [2.24, 2.45) is 0 Å². The van der Waals surface area contributed by atoms with Crippen molar-refractivity contribution in [2.75, 3.05) is 5.32 Å². The predicted octanol–water partition coefficient (Wildman–Crippen LogP) is 3.81. The summed E-state index contributed by atoms with van der Waals surface area (Å²) >= 11 is 0. The van der Waals surface area contributed by atoms with Gasteiger partial charge in [-0.1, -0.05) is 25.1 Å². The summed E-state index contributed by atoms with van der Waals surface area (Å²) in [7, 11) is 0. The number of hydrogen-bond acceptors (Lipinski definition) is 3. The molecule has 5 heteroatoms. The third-order valence-corrected chi connectivity index (χ3v) is 3.96. The van der Waals surface area contributed by atoms with Gasteiger partial charge in [0.1, 0.15) is 0 Å². The van der Waals surface area contributed by atoms with Crippen molar-refractivity contribution in [2.45, 2.75) is 13.3 Å². The Morgan fingerprint density at radius 1 is 1.00 bits per heavy atom. The standard InChI is InChI=1S/C21H19N3O2/c1-2-19(25)20(21(26)23-18-6-4-3-5-7-18)24-14-10-17(11-15-24)16-8-12-22-13-9-16/h3-15H,2H2,1H3,(H-,22,23,25,26)/p+1. The first-order valence-electron chi connectivity index (χ1n) is 8.39. The van der Waals surface area contributed by atoms with Gasteiger partial charge in [0.15, 0.2) is 18.2 Å². The molecule has 3 rings (SSSR count). The van der Waals surface area contributed by atoms with Crippen LogP contribution in [0.15, 0.2) is 85.1 Å². The summed E-state index contributed by atoms with van der Waals surface area (Å²) in [4.78, 5) is 16.7. The maximum Gasteiger partial charge on any atom is 0.324 e. The number of rotatable bonds is 5. The van der Waals surface area contributed by atoms with Crippen LogP contribution in [0.4, 0.5) is 5.69 Å². The molecule has 0 atom stereocenters. The fourth-order valence-corrected chi connectivity index (χ4v) is 2.59. The molecule has 26 heavy (non-hydrogen) atoms. The quantitative estimate of drug-likeness (QED) is 0.419. The smallest absolute Gasteiger partial charge is 0.324 e. The van der Waals surface area contributed by atoms with Crippen LogP contribution in [-0.2, 0) is 4.79 Å². The summed E-state index contributed by atoms with van der Waals surface area (Å²) in [5.74, 6) is -0.336. The number of carbonyl (C=O) groups is 1. The maximum absolute atomic E-state index is 12.7. The Labute approximate surface area is 152 Å². The zero-order chi connectivity index (χ0) is 18.4. The van der Waals surface area contributed by atoms with Crippen LogP contribution in [0.1, 0.15) is 13.3 Å². The van der Waals surface area contributed by atoms with Crippen LogP contribution in [0, 0.1) is 0 Å². The van der Waals surface area contributed by atoms with E-state index in [1.807, 2.05) is 42.5 Å². The third kappa shape index (κ3) is 3.95. The first-order chi connectivity index (χ1) is 12.7. The molecule has 0 spiro atoms. The number of pyridine rings is 2. The number of allylic oxidation sites excluding steroid dienone is 1. The molecule has 0 aliphatic rings. The number of amides is 1. The fraction of sp³-hybridized carbons (Fsp3) is 0.0952. The molecule has 1 aromatic carbocycles. The van der Waals surface area contributed by atoms with Gasteiger partial charge < -0.3 is 10.4 Å². The van der Waals surface area contributed by atoms with Gasteiger partial charge in [-0.2, -0.15) is 4.57 Å². The lowest BCUT2D eigenvalue weighted by Gasteiger charge is -2.07. The van der Waals surface area contributed by atoms with E-state index in [0.717, 1.165) is 11.1 Å². The summed E-state index contributed by atoms with van der Waals surface area (Å²) in [6, 6.07) is 16.8. The van der Waals surface area contributed by atoms with Crippen molar-refractivity contribution in [3.63, 3.8) is 0 Å². The van der Waals surface area contributed by atoms with Gasteiger partial charge in [0, 0.05) is 36.6 Å². The molecule has 0 aliphatic heterocycles. The summed E-state index contributed by atoms with van der Waals surface area (Å²) < 4.78 is 1.63. The molecule has 3 aromatic rings. The highest BCUT2D eigenvalue weighted by Crippen LogP contribution is 2.17. The van der Waals surface area contributed by atoms with Crippen molar-refractivity contribution in [1.29, 1.82) is 0 Å². The van der Waals surface area contributed by atoms with Gasteiger partial charge in [-0.3, -0.25) is 9.78 Å². The number of hydrogen-bond donors (Lipinski definition) is 2. The molecule has 0 saturated heterocycles. The lowest BCUT2D eigenvalue weighted by molar-refractivity contribution is -0.578. The molecule has 0 fully saturated rings. The number of aliphatic hydroxyl groups is 1. The topological polar surface area (TPSA) is 66.1 Å². The molecule has 5 nitrogen and oxygen atoms in total. The second-order valence-corrected chi connectivity index (χ2v) is 5.70. The molecule has 0 radical (unpaired) electrons. The molecule has 0 saturated carbocycles. The van der Waals surface area contributed by atoms with Crippen LogP contribution in [0.3, 0.4) is 0 Å². The Kier molecular flexibility index (Phi) is 5.39.